The van der Waals surface area contributed by atoms with Crippen LogP contribution in [-0.4, -0.2) is 21.5 Å². The van der Waals surface area contributed by atoms with Crippen LogP contribution >= 0.6 is 0 Å². The maximum atomic E-state index is 11.8. The SMILES string of the molecule is CNS(=O)(=O)c1cccc([C@@H](C)N[C@@H]2C=CCCC2)c1. The van der Waals surface area contributed by atoms with E-state index in [0.717, 1.165) is 18.4 Å². The number of allylic oxidation sites excluding steroid dienone is 1. The van der Waals surface area contributed by atoms with Crippen molar-refractivity contribution in [2.75, 3.05) is 7.05 Å². The van der Waals surface area contributed by atoms with Crippen molar-refractivity contribution >= 4 is 10.0 Å². The molecule has 0 saturated carbocycles. The molecule has 0 radical (unpaired) electrons. The molecule has 2 rings (SSSR count). The molecule has 5 heteroatoms. The van der Waals surface area contributed by atoms with E-state index in [0.29, 0.717) is 10.9 Å². The molecule has 0 heterocycles. The van der Waals surface area contributed by atoms with Gasteiger partial charge in [-0.3, -0.25) is 0 Å². The lowest BCUT2D eigenvalue weighted by atomic mass is 10.0. The summed E-state index contributed by atoms with van der Waals surface area (Å²) in [5.74, 6) is 0. The number of benzene rings is 1. The smallest absolute Gasteiger partial charge is 0.240 e. The fraction of sp³-hybridized carbons (Fsp3) is 0.467. The van der Waals surface area contributed by atoms with E-state index in [1.807, 2.05) is 6.07 Å². The zero-order chi connectivity index (χ0) is 14.6. The highest BCUT2D eigenvalue weighted by Crippen LogP contribution is 2.20. The number of nitrogens with one attached hydrogen (secondary N) is 2. The number of rotatable bonds is 5. The fourth-order valence-electron chi connectivity index (χ4n) is 2.44. The summed E-state index contributed by atoms with van der Waals surface area (Å²) in [6.07, 6.45) is 7.90. The van der Waals surface area contributed by atoms with Gasteiger partial charge in [-0.25, -0.2) is 13.1 Å². The minimum absolute atomic E-state index is 0.120. The van der Waals surface area contributed by atoms with Gasteiger partial charge in [0.2, 0.25) is 10.0 Å². The van der Waals surface area contributed by atoms with Gasteiger partial charge >= 0.3 is 0 Å². The van der Waals surface area contributed by atoms with Gasteiger partial charge in [0.15, 0.2) is 0 Å². The van der Waals surface area contributed by atoms with E-state index in [1.165, 1.54) is 13.5 Å². The molecule has 0 bridgehead atoms. The van der Waals surface area contributed by atoms with Gasteiger partial charge in [0.05, 0.1) is 4.90 Å². The summed E-state index contributed by atoms with van der Waals surface area (Å²) in [5, 5.41) is 3.53. The van der Waals surface area contributed by atoms with Crippen LogP contribution in [0.2, 0.25) is 0 Å². The molecule has 1 aliphatic rings. The summed E-state index contributed by atoms with van der Waals surface area (Å²) in [7, 11) is -1.95. The van der Waals surface area contributed by atoms with E-state index in [1.54, 1.807) is 18.2 Å². The zero-order valence-corrected chi connectivity index (χ0v) is 12.8. The Balaban J connectivity index is 2.14. The predicted octanol–water partition coefficient (Wildman–Crippen LogP) is 2.35. The molecule has 1 aromatic rings. The highest BCUT2D eigenvalue weighted by atomic mass is 32.2. The van der Waals surface area contributed by atoms with E-state index in [-0.39, 0.29) is 6.04 Å². The van der Waals surface area contributed by atoms with Gasteiger partial charge in [0.1, 0.15) is 0 Å². The van der Waals surface area contributed by atoms with Gasteiger partial charge in [0.25, 0.3) is 0 Å². The lowest BCUT2D eigenvalue weighted by Gasteiger charge is -2.23. The van der Waals surface area contributed by atoms with Crippen molar-refractivity contribution in [3.05, 3.63) is 42.0 Å². The Hall–Kier alpha value is -1.17. The van der Waals surface area contributed by atoms with Crippen molar-refractivity contribution in [1.82, 2.24) is 10.0 Å². The summed E-state index contributed by atoms with van der Waals surface area (Å²) >= 11 is 0. The topological polar surface area (TPSA) is 58.2 Å². The molecule has 0 aliphatic heterocycles. The second kappa shape index (κ2) is 6.52. The van der Waals surface area contributed by atoms with Crippen LogP contribution in [0.1, 0.15) is 37.8 Å². The minimum Gasteiger partial charge on any atom is -0.304 e. The third-order valence-corrected chi connectivity index (χ3v) is 5.07. The first-order chi connectivity index (χ1) is 9.53. The maximum absolute atomic E-state index is 11.8. The Labute approximate surface area is 121 Å². The summed E-state index contributed by atoms with van der Waals surface area (Å²) in [6, 6.07) is 7.59. The Kier molecular flexibility index (Phi) is 4.96. The third kappa shape index (κ3) is 3.69. The van der Waals surface area contributed by atoms with Crippen LogP contribution in [0.5, 0.6) is 0 Å². The van der Waals surface area contributed by atoms with E-state index in [9.17, 15) is 8.42 Å². The molecule has 2 atom stereocenters. The molecular weight excluding hydrogens is 272 g/mol. The number of sulfonamides is 1. The summed E-state index contributed by atoms with van der Waals surface area (Å²) in [5.41, 5.74) is 0.986. The molecule has 0 aromatic heterocycles. The summed E-state index contributed by atoms with van der Waals surface area (Å²) < 4.78 is 26.0. The second-order valence-corrected chi connectivity index (χ2v) is 7.02. The van der Waals surface area contributed by atoms with Crippen molar-refractivity contribution < 1.29 is 8.42 Å². The quantitative estimate of drug-likeness (QED) is 0.820. The van der Waals surface area contributed by atoms with Gasteiger partial charge in [-0.2, -0.15) is 0 Å². The molecule has 0 fully saturated rings. The van der Waals surface area contributed by atoms with Gasteiger partial charge < -0.3 is 5.32 Å². The summed E-state index contributed by atoms with van der Waals surface area (Å²) in [4.78, 5) is 0.310. The van der Waals surface area contributed by atoms with E-state index in [2.05, 4.69) is 29.1 Å². The third-order valence-electron chi connectivity index (χ3n) is 3.66. The molecule has 4 nitrogen and oxygen atoms in total. The molecule has 1 aromatic carbocycles. The predicted molar refractivity (Wildman–Crippen MR) is 81.0 cm³/mol. The highest BCUT2D eigenvalue weighted by molar-refractivity contribution is 7.89. The first-order valence-corrected chi connectivity index (χ1v) is 8.47. The van der Waals surface area contributed by atoms with E-state index >= 15 is 0 Å². The molecule has 1 aliphatic carbocycles. The van der Waals surface area contributed by atoms with Gasteiger partial charge in [-0.05, 0) is 50.9 Å². The highest BCUT2D eigenvalue weighted by Gasteiger charge is 2.16. The lowest BCUT2D eigenvalue weighted by molar-refractivity contribution is 0.467. The Morgan fingerprint density at radius 1 is 1.35 bits per heavy atom. The number of hydrogen-bond acceptors (Lipinski definition) is 3. The van der Waals surface area contributed by atoms with Crippen molar-refractivity contribution in [1.29, 1.82) is 0 Å². The molecular formula is C15H22N2O2S. The van der Waals surface area contributed by atoms with Crippen molar-refractivity contribution in [2.45, 2.75) is 43.2 Å². The minimum atomic E-state index is -3.38. The van der Waals surface area contributed by atoms with Gasteiger partial charge in [0, 0.05) is 12.1 Å². The standard InChI is InChI=1S/C15H22N2O2S/c1-12(17-14-8-4-3-5-9-14)13-7-6-10-15(11-13)20(18,19)16-2/h4,6-8,10-12,14,16-17H,3,5,9H2,1-2H3/t12-,14-/m1/s1. The Bertz CT molecular complexity index is 581. The van der Waals surface area contributed by atoms with Crippen LogP contribution < -0.4 is 10.0 Å². The van der Waals surface area contributed by atoms with E-state index < -0.39 is 10.0 Å². The van der Waals surface area contributed by atoms with Crippen LogP contribution in [0, 0.1) is 0 Å². The Morgan fingerprint density at radius 3 is 2.80 bits per heavy atom. The van der Waals surface area contributed by atoms with Crippen molar-refractivity contribution in [3.8, 4) is 0 Å². The van der Waals surface area contributed by atoms with Crippen LogP contribution in [0.25, 0.3) is 0 Å². The van der Waals surface area contributed by atoms with Gasteiger partial charge in [-0.1, -0.05) is 24.3 Å². The molecule has 2 N–H and O–H groups in total. The normalized spacial score (nSPS) is 20.8. The fourth-order valence-corrected chi connectivity index (χ4v) is 3.22. The molecule has 110 valence electrons. The van der Waals surface area contributed by atoms with E-state index in [4.69, 9.17) is 0 Å². The summed E-state index contributed by atoms with van der Waals surface area (Å²) in [6.45, 7) is 2.06. The van der Waals surface area contributed by atoms with Gasteiger partial charge in [-0.15, -0.1) is 0 Å². The van der Waals surface area contributed by atoms with Crippen LogP contribution in [0.4, 0.5) is 0 Å². The average molecular weight is 294 g/mol. The molecule has 0 unspecified atom stereocenters. The first-order valence-electron chi connectivity index (χ1n) is 6.99. The number of hydrogen-bond donors (Lipinski definition) is 2. The van der Waals surface area contributed by atoms with Crippen LogP contribution in [0.15, 0.2) is 41.3 Å². The molecule has 0 spiro atoms. The second-order valence-electron chi connectivity index (χ2n) is 5.13. The average Bonchev–Trinajstić information content (AvgIpc) is 2.48. The Morgan fingerprint density at radius 2 is 2.15 bits per heavy atom. The monoisotopic (exact) mass is 294 g/mol. The maximum Gasteiger partial charge on any atom is 0.240 e. The van der Waals surface area contributed by atoms with Crippen molar-refractivity contribution in [3.63, 3.8) is 0 Å². The first kappa shape index (κ1) is 15.2. The van der Waals surface area contributed by atoms with Crippen LogP contribution in [0.3, 0.4) is 0 Å². The largest absolute Gasteiger partial charge is 0.304 e. The molecule has 20 heavy (non-hydrogen) atoms. The molecule has 0 saturated heterocycles. The van der Waals surface area contributed by atoms with Crippen molar-refractivity contribution in [2.24, 2.45) is 0 Å². The molecule has 0 amide bonds. The lowest BCUT2D eigenvalue weighted by Crippen LogP contribution is -2.31. The zero-order valence-electron chi connectivity index (χ0n) is 12.0. The van der Waals surface area contributed by atoms with Crippen LogP contribution in [-0.2, 0) is 10.0 Å².